The molecule has 0 saturated carbocycles. The molecular weight excluding hydrogens is 377 g/mol. The Labute approximate surface area is 161 Å². The summed E-state index contributed by atoms with van der Waals surface area (Å²) in [4.78, 5) is 14.6. The number of amides is 1. The van der Waals surface area contributed by atoms with E-state index in [1.165, 1.54) is 16.2 Å². The van der Waals surface area contributed by atoms with Crippen LogP contribution in [0.5, 0.6) is 0 Å². The summed E-state index contributed by atoms with van der Waals surface area (Å²) in [5.74, 6) is -0.0981. The molecule has 1 aliphatic carbocycles. The number of nitrogens with zero attached hydrogens (tertiary/aromatic N) is 1. The Morgan fingerprint density at radius 3 is 2.92 bits per heavy atom. The minimum absolute atomic E-state index is 0.0981. The maximum Gasteiger partial charge on any atom is 0.280 e. The van der Waals surface area contributed by atoms with Crippen LogP contribution in [0.1, 0.15) is 28.0 Å². The van der Waals surface area contributed by atoms with Crippen molar-refractivity contribution in [3.05, 3.63) is 49.8 Å². The Balaban J connectivity index is 1.62. The SMILES string of the molecule is C[NH+](CC(=O)Nc1sc2c(c1C#N)CCC2)Cc1ccc(Cl)cc1Cl. The number of rotatable bonds is 5. The summed E-state index contributed by atoms with van der Waals surface area (Å²) in [6, 6.07) is 7.63. The van der Waals surface area contributed by atoms with Crippen molar-refractivity contribution in [2.75, 3.05) is 18.9 Å². The molecule has 1 heterocycles. The van der Waals surface area contributed by atoms with E-state index in [1.807, 2.05) is 13.1 Å². The van der Waals surface area contributed by atoms with Crippen molar-refractivity contribution >= 4 is 45.4 Å². The van der Waals surface area contributed by atoms with Crippen LogP contribution in [0.25, 0.3) is 0 Å². The summed E-state index contributed by atoms with van der Waals surface area (Å²) in [6.45, 7) is 0.919. The molecule has 1 aliphatic rings. The van der Waals surface area contributed by atoms with E-state index in [9.17, 15) is 10.1 Å². The van der Waals surface area contributed by atoms with Crippen LogP contribution in [0.4, 0.5) is 5.00 Å². The number of fused-ring (bicyclic) bond motifs is 1. The van der Waals surface area contributed by atoms with Crippen molar-refractivity contribution in [2.45, 2.75) is 25.8 Å². The second-order valence-electron chi connectivity index (χ2n) is 6.27. The quantitative estimate of drug-likeness (QED) is 0.818. The van der Waals surface area contributed by atoms with Crippen molar-refractivity contribution in [3.63, 3.8) is 0 Å². The molecule has 0 spiro atoms. The van der Waals surface area contributed by atoms with Crippen LogP contribution in [0.15, 0.2) is 18.2 Å². The molecule has 1 atom stereocenters. The van der Waals surface area contributed by atoms with Crippen LogP contribution in [-0.4, -0.2) is 19.5 Å². The maximum atomic E-state index is 12.4. The molecule has 0 radical (unpaired) electrons. The summed E-state index contributed by atoms with van der Waals surface area (Å²) in [5, 5.41) is 14.2. The van der Waals surface area contributed by atoms with E-state index < -0.39 is 0 Å². The molecule has 1 amide bonds. The van der Waals surface area contributed by atoms with Crippen molar-refractivity contribution in [1.29, 1.82) is 5.26 Å². The second-order valence-corrected chi connectivity index (χ2v) is 8.22. The van der Waals surface area contributed by atoms with E-state index in [4.69, 9.17) is 23.2 Å². The first-order valence-electron chi connectivity index (χ1n) is 8.07. The first-order chi connectivity index (χ1) is 12.0. The molecule has 7 heteroatoms. The summed E-state index contributed by atoms with van der Waals surface area (Å²) in [5.41, 5.74) is 2.71. The van der Waals surface area contributed by atoms with Gasteiger partial charge in [0.05, 0.1) is 17.6 Å². The lowest BCUT2D eigenvalue weighted by Crippen LogP contribution is -3.08. The number of quaternary nitrogens is 1. The monoisotopic (exact) mass is 394 g/mol. The number of nitriles is 1. The first-order valence-corrected chi connectivity index (χ1v) is 9.65. The van der Waals surface area contributed by atoms with Gasteiger partial charge in [-0.3, -0.25) is 4.79 Å². The van der Waals surface area contributed by atoms with E-state index in [1.54, 1.807) is 12.1 Å². The number of carbonyl (C=O) groups excluding carboxylic acids is 1. The highest BCUT2D eigenvalue weighted by atomic mass is 35.5. The van der Waals surface area contributed by atoms with Gasteiger partial charge in [0.15, 0.2) is 6.54 Å². The maximum absolute atomic E-state index is 12.4. The lowest BCUT2D eigenvalue weighted by Gasteiger charge is -2.14. The Kier molecular flexibility index (Phi) is 5.65. The van der Waals surface area contributed by atoms with Gasteiger partial charge >= 0.3 is 0 Å². The Hall–Kier alpha value is -1.58. The molecule has 1 aromatic carbocycles. The molecule has 4 nitrogen and oxygen atoms in total. The predicted octanol–water partition coefficient (Wildman–Crippen LogP) is 3.07. The van der Waals surface area contributed by atoms with E-state index in [0.29, 0.717) is 33.7 Å². The van der Waals surface area contributed by atoms with Gasteiger partial charge in [0.1, 0.15) is 17.6 Å². The highest BCUT2D eigenvalue weighted by Gasteiger charge is 2.23. The lowest BCUT2D eigenvalue weighted by atomic mass is 10.1. The van der Waals surface area contributed by atoms with E-state index >= 15 is 0 Å². The molecule has 130 valence electrons. The molecule has 2 aromatic rings. The number of nitrogens with one attached hydrogen (secondary N) is 2. The van der Waals surface area contributed by atoms with Crippen LogP contribution in [0, 0.1) is 11.3 Å². The zero-order chi connectivity index (χ0) is 18.0. The van der Waals surface area contributed by atoms with Crippen LogP contribution < -0.4 is 10.2 Å². The van der Waals surface area contributed by atoms with Gasteiger partial charge in [0, 0.05) is 15.5 Å². The predicted molar refractivity (Wildman–Crippen MR) is 102 cm³/mol. The average molecular weight is 395 g/mol. The van der Waals surface area contributed by atoms with Crippen molar-refractivity contribution in [3.8, 4) is 6.07 Å². The van der Waals surface area contributed by atoms with E-state index in [2.05, 4.69) is 11.4 Å². The van der Waals surface area contributed by atoms with Gasteiger partial charge in [-0.2, -0.15) is 5.26 Å². The Bertz CT molecular complexity index is 857. The molecule has 1 unspecified atom stereocenters. The standard InChI is InChI=1S/C18H17Cl2N3OS/c1-23(9-11-5-6-12(19)7-15(11)20)10-17(24)22-18-14(8-21)13-3-2-4-16(13)25-18/h5-7H,2-4,9-10H2,1H3,(H,22,24)/p+1. The molecule has 0 fully saturated rings. The molecule has 25 heavy (non-hydrogen) atoms. The van der Waals surface area contributed by atoms with Crippen molar-refractivity contribution < 1.29 is 9.69 Å². The third kappa shape index (κ3) is 4.16. The topological polar surface area (TPSA) is 57.3 Å². The van der Waals surface area contributed by atoms with Gasteiger partial charge in [0.25, 0.3) is 5.91 Å². The second kappa shape index (κ2) is 7.76. The van der Waals surface area contributed by atoms with Crippen molar-refractivity contribution in [1.82, 2.24) is 0 Å². The van der Waals surface area contributed by atoms with Crippen LogP contribution in [0.2, 0.25) is 10.0 Å². The van der Waals surface area contributed by atoms with Crippen LogP contribution in [0.3, 0.4) is 0 Å². The summed E-state index contributed by atoms with van der Waals surface area (Å²) in [7, 11) is 1.93. The summed E-state index contributed by atoms with van der Waals surface area (Å²) >= 11 is 13.6. The fraction of sp³-hybridized carbons (Fsp3) is 0.333. The third-order valence-electron chi connectivity index (χ3n) is 4.26. The number of likely N-dealkylation sites (N-methyl/N-ethyl adjacent to an activating group) is 1. The largest absolute Gasteiger partial charge is 0.326 e. The number of benzene rings is 1. The van der Waals surface area contributed by atoms with Gasteiger partial charge < -0.3 is 10.2 Å². The lowest BCUT2D eigenvalue weighted by molar-refractivity contribution is -0.885. The first kappa shape index (κ1) is 18.2. The highest BCUT2D eigenvalue weighted by Crippen LogP contribution is 2.38. The van der Waals surface area contributed by atoms with Crippen LogP contribution >= 0.6 is 34.5 Å². The molecule has 0 saturated heterocycles. The minimum atomic E-state index is -0.0981. The van der Waals surface area contributed by atoms with Gasteiger partial charge in [-0.15, -0.1) is 11.3 Å². The molecular formula is C18H18Cl2N3OS+. The third-order valence-corrected chi connectivity index (χ3v) is 6.05. The molecule has 2 N–H and O–H groups in total. The van der Waals surface area contributed by atoms with Gasteiger partial charge in [-0.05, 0) is 37.0 Å². The minimum Gasteiger partial charge on any atom is -0.326 e. The normalized spacial score (nSPS) is 14.0. The Morgan fingerprint density at radius 1 is 1.40 bits per heavy atom. The number of aryl methyl sites for hydroxylation is 1. The summed E-state index contributed by atoms with van der Waals surface area (Å²) in [6.07, 6.45) is 3.04. The zero-order valence-corrected chi connectivity index (χ0v) is 16.1. The van der Waals surface area contributed by atoms with Gasteiger partial charge in [-0.1, -0.05) is 29.3 Å². The van der Waals surface area contributed by atoms with E-state index in [0.717, 1.165) is 35.3 Å². The van der Waals surface area contributed by atoms with Gasteiger partial charge in [0.2, 0.25) is 0 Å². The zero-order valence-electron chi connectivity index (χ0n) is 13.8. The van der Waals surface area contributed by atoms with Crippen molar-refractivity contribution in [2.24, 2.45) is 0 Å². The van der Waals surface area contributed by atoms with E-state index in [-0.39, 0.29) is 5.91 Å². The Morgan fingerprint density at radius 2 is 2.20 bits per heavy atom. The number of halogens is 2. The fourth-order valence-electron chi connectivity index (χ4n) is 3.11. The molecule has 0 aliphatic heterocycles. The molecule has 1 aromatic heterocycles. The number of anilines is 1. The highest BCUT2D eigenvalue weighted by molar-refractivity contribution is 7.16. The number of carbonyl (C=O) groups is 1. The van der Waals surface area contributed by atoms with Gasteiger partial charge in [-0.25, -0.2) is 0 Å². The molecule has 3 rings (SSSR count). The smallest absolute Gasteiger partial charge is 0.280 e. The fourth-order valence-corrected chi connectivity index (χ4v) is 4.84. The number of hydrogen-bond acceptors (Lipinski definition) is 3. The van der Waals surface area contributed by atoms with Crippen LogP contribution in [-0.2, 0) is 24.2 Å². The summed E-state index contributed by atoms with van der Waals surface area (Å²) < 4.78 is 0. The number of hydrogen-bond donors (Lipinski definition) is 2. The molecule has 0 bridgehead atoms. The number of thiophene rings is 1. The average Bonchev–Trinajstić information content (AvgIpc) is 3.10.